The van der Waals surface area contributed by atoms with Gasteiger partial charge in [0, 0.05) is 23.1 Å². The molecule has 2 heterocycles. The van der Waals surface area contributed by atoms with Crippen molar-refractivity contribution in [2.45, 2.75) is 13.5 Å². The molecule has 0 aliphatic heterocycles. The Hall–Kier alpha value is -3.29. The van der Waals surface area contributed by atoms with Gasteiger partial charge in [0.25, 0.3) is 11.5 Å². The van der Waals surface area contributed by atoms with Gasteiger partial charge < -0.3 is 4.74 Å². The van der Waals surface area contributed by atoms with Crippen molar-refractivity contribution in [2.24, 2.45) is 0 Å². The van der Waals surface area contributed by atoms with Gasteiger partial charge in [-0.1, -0.05) is 42.5 Å². The van der Waals surface area contributed by atoms with Crippen molar-refractivity contribution in [1.82, 2.24) is 9.66 Å². The standard InChI is InChI=1S/C22H19N3O3S/c1-14-18(16-6-4-3-5-7-16)19-21(29-14)23-13-25(22(19)27)24-20(26)17-10-8-15(9-11-17)12-28-2/h3-11,13H,12H2,1-2H3,(H,24,26). The lowest BCUT2D eigenvalue weighted by molar-refractivity contribution is 0.101. The molecule has 7 heteroatoms. The number of methoxy groups -OCH3 is 1. The maximum absolute atomic E-state index is 13.1. The van der Waals surface area contributed by atoms with E-state index in [-0.39, 0.29) is 11.5 Å². The van der Waals surface area contributed by atoms with E-state index in [1.54, 1.807) is 19.2 Å². The third-order valence-electron chi connectivity index (χ3n) is 4.60. The molecule has 1 N–H and O–H groups in total. The Morgan fingerprint density at radius 3 is 2.55 bits per heavy atom. The number of nitrogens with one attached hydrogen (secondary N) is 1. The summed E-state index contributed by atoms with van der Waals surface area (Å²) < 4.78 is 6.22. The van der Waals surface area contributed by atoms with Crippen LogP contribution < -0.4 is 11.0 Å². The first-order chi connectivity index (χ1) is 14.1. The summed E-state index contributed by atoms with van der Waals surface area (Å²) in [7, 11) is 1.62. The fourth-order valence-corrected chi connectivity index (χ4v) is 4.23. The number of aromatic nitrogens is 2. The molecule has 0 unspecified atom stereocenters. The normalized spacial score (nSPS) is 11.0. The molecule has 2 aromatic heterocycles. The highest BCUT2D eigenvalue weighted by Crippen LogP contribution is 2.35. The van der Waals surface area contributed by atoms with E-state index < -0.39 is 0 Å². The largest absolute Gasteiger partial charge is 0.380 e. The number of aryl methyl sites for hydroxylation is 1. The second kappa shape index (κ2) is 7.98. The SMILES string of the molecule is COCc1ccc(C(=O)Nn2cnc3sc(C)c(-c4ccccc4)c3c2=O)cc1. The van der Waals surface area contributed by atoms with Crippen molar-refractivity contribution in [1.29, 1.82) is 0 Å². The molecule has 6 nitrogen and oxygen atoms in total. The van der Waals surface area contributed by atoms with Crippen molar-refractivity contribution < 1.29 is 9.53 Å². The minimum atomic E-state index is -0.384. The molecule has 4 rings (SSSR count). The summed E-state index contributed by atoms with van der Waals surface area (Å²) in [6.45, 7) is 2.44. The van der Waals surface area contributed by atoms with Gasteiger partial charge in [-0.05, 0) is 30.2 Å². The number of amides is 1. The fraction of sp³-hybridized carbons (Fsp3) is 0.136. The van der Waals surface area contributed by atoms with Crippen LogP contribution in [0.5, 0.6) is 0 Å². The lowest BCUT2D eigenvalue weighted by Gasteiger charge is -2.09. The van der Waals surface area contributed by atoms with Crippen LogP contribution in [0.4, 0.5) is 0 Å². The maximum Gasteiger partial charge on any atom is 0.281 e. The lowest BCUT2D eigenvalue weighted by Crippen LogP contribution is -2.33. The van der Waals surface area contributed by atoms with Gasteiger partial charge in [0.15, 0.2) is 0 Å². The number of carbonyl (C=O) groups excluding carboxylic acids is 1. The number of ether oxygens (including phenoxy) is 1. The number of fused-ring (bicyclic) bond motifs is 1. The minimum Gasteiger partial charge on any atom is -0.380 e. The molecular weight excluding hydrogens is 386 g/mol. The quantitative estimate of drug-likeness (QED) is 0.545. The van der Waals surface area contributed by atoms with E-state index in [9.17, 15) is 9.59 Å². The Labute approximate surface area is 171 Å². The third-order valence-corrected chi connectivity index (χ3v) is 5.61. The van der Waals surface area contributed by atoms with Crippen LogP contribution >= 0.6 is 11.3 Å². The summed E-state index contributed by atoms with van der Waals surface area (Å²) in [5.74, 6) is -0.384. The average molecular weight is 405 g/mol. The van der Waals surface area contributed by atoms with Crippen LogP contribution in [0.3, 0.4) is 0 Å². The zero-order valence-corrected chi connectivity index (χ0v) is 16.8. The van der Waals surface area contributed by atoms with Crippen LogP contribution in [0.2, 0.25) is 0 Å². The van der Waals surface area contributed by atoms with E-state index in [0.717, 1.165) is 26.2 Å². The van der Waals surface area contributed by atoms with Crippen molar-refractivity contribution in [3.63, 3.8) is 0 Å². The lowest BCUT2D eigenvalue weighted by atomic mass is 10.0. The van der Waals surface area contributed by atoms with Crippen LogP contribution in [-0.2, 0) is 11.3 Å². The number of nitrogens with zero attached hydrogens (tertiary/aromatic N) is 2. The van der Waals surface area contributed by atoms with Crippen LogP contribution in [0.25, 0.3) is 21.3 Å². The Morgan fingerprint density at radius 1 is 1.14 bits per heavy atom. The highest BCUT2D eigenvalue weighted by molar-refractivity contribution is 7.19. The molecule has 0 bridgehead atoms. The molecule has 0 aliphatic rings. The van der Waals surface area contributed by atoms with Crippen molar-refractivity contribution >= 4 is 27.5 Å². The molecule has 0 fully saturated rings. The molecule has 4 aromatic rings. The molecule has 0 saturated carbocycles. The zero-order chi connectivity index (χ0) is 20.4. The van der Waals surface area contributed by atoms with Gasteiger partial charge in [-0.3, -0.25) is 15.0 Å². The number of carbonyl (C=O) groups is 1. The van der Waals surface area contributed by atoms with Crippen molar-refractivity contribution in [3.8, 4) is 11.1 Å². The van der Waals surface area contributed by atoms with Gasteiger partial charge in [-0.2, -0.15) is 0 Å². The Kier molecular flexibility index (Phi) is 5.24. The second-order valence-corrected chi connectivity index (χ2v) is 7.77. The minimum absolute atomic E-state index is 0.303. The number of hydrogen-bond donors (Lipinski definition) is 1. The van der Waals surface area contributed by atoms with Gasteiger partial charge >= 0.3 is 0 Å². The fourth-order valence-electron chi connectivity index (χ4n) is 3.23. The molecule has 0 atom stereocenters. The molecule has 0 spiro atoms. The van der Waals surface area contributed by atoms with E-state index >= 15 is 0 Å². The van der Waals surface area contributed by atoms with E-state index in [4.69, 9.17) is 4.74 Å². The van der Waals surface area contributed by atoms with Gasteiger partial charge in [-0.25, -0.2) is 9.66 Å². The average Bonchev–Trinajstić information content (AvgIpc) is 3.08. The van der Waals surface area contributed by atoms with E-state index in [1.165, 1.54) is 17.7 Å². The number of benzene rings is 2. The van der Waals surface area contributed by atoms with Crippen LogP contribution in [0, 0.1) is 6.92 Å². The molecule has 146 valence electrons. The third kappa shape index (κ3) is 3.70. The van der Waals surface area contributed by atoms with Gasteiger partial charge in [0.05, 0.1) is 12.0 Å². The van der Waals surface area contributed by atoms with Crippen molar-refractivity contribution in [3.05, 3.63) is 87.3 Å². The molecule has 29 heavy (non-hydrogen) atoms. The number of rotatable bonds is 5. The predicted molar refractivity (Wildman–Crippen MR) is 115 cm³/mol. The Morgan fingerprint density at radius 2 is 1.86 bits per heavy atom. The summed E-state index contributed by atoms with van der Waals surface area (Å²) in [6.07, 6.45) is 1.35. The number of hydrogen-bond acceptors (Lipinski definition) is 5. The highest BCUT2D eigenvalue weighted by Gasteiger charge is 2.17. The van der Waals surface area contributed by atoms with Crippen LogP contribution in [0.15, 0.2) is 65.7 Å². The first-order valence-electron chi connectivity index (χ1n) is 9.04. The highest BCUT2D eigenvalue weighted by atomic mass is 32.1. The molecule has 0 radical (unpaired) electrons. The topological polar surface area (TPSA) is 73.2 Å². The number of thiophene rings is 1. The molecular formula is C22H19N3O3S. The zero-order valence-electron chi connectivity index (χ0n) is 16.0. The first-order valence-corrected chi connectivity index (χ1v) is 9.85. The van der Waals surface area contributed by atoms with Crippen molar-refractivity contribution in [2.75, 3.05) is 12.5 Å². The maximum atomic E-state index is 13.1. The van der Waals surface area contributed by atoms with Gasteiger partial charge in [0.1, 0.15) is 11.2 Å². The van der Waals surface area contributed by atoms with Gasteiger partial charge in [0.2, 0.25) is 0 Å². The van der Waals surface area contributed by atoms with E-state index in [2.05, 4.69) is 10.4 Å². The smallest absolute Gasteiger partial charge is 0.281 e. The monoisotopic (exact) mass is 405 g/mol. The van der Waals surface area contributed by atoms with Crippen LogP contribution in [0.1, 0.15) is 20.8 Å². The molecule has 0 aliphatic carbocycles. The van der Waals surface area contributed by atoms with Crippen LogP contribution in [-0.4, -0.2) is 22.7 Å². The molecule has 2 aromatic carbocycles. The summed E-state index contributed by atoms with van der Waals surface area (Å²) in [5.41, 5.74) is 5.55. The van der Waals surface area contributed by atoms with E-state index in [1.807, 2.05) is 49.4 Å². The summed E-state index contributed by atoms with van der Waals surface area (Å²) >= 11 is 1.47. The Balaban J connectivity index is 1.71. The Bertz CT molecular complexity index is 1230. The van der Waals surface area contributed by atoms with E-state index in [0.29, 0.717) is 22.4 Å². The summed E-state index contributed by atoms with van der Waals surface area (Å²) in [6, 6.07) is 16.8. The predicted octanol–water partition coefficient (Wildman–Crippen LogP) is 3.96. The summed E-state index contributed by atoms with van der Waals surface area (Å²) in [5, 5.41) is 0.511. The summed E-state index contributed by atoms with van der Waals surface area (Å²) in [4.78, 5) is 31.8. The molecule has 1 amide bonds. The van der Waals surface area contributed by atoms with Gasteiger partial charge in [-0.15, -0.1) is 11.3 Å². The first kappa shape index (κ1) is 19.0. The molecule has 0 saturated heterocycles. The second-order valence-electron chi connectivity index (χ2n) is 6.57.